The van der Waals surface area contributed by atoms with Gasteiger partial charge in [-0.3, -0.25) is 14.9 Å². The lowest BCUT2D eigenvalue weighted by atomic mass is 9.96. The van der Waals surface area contributed by atoms with Crippen LogP contribution in [0, 0.1) is 10.1 Å². The summed E-state index contributed by atoms with van der Waals surface area (Å²) in [4.78, 5) is 21.8. The van der Waals surface area contributed by atoms with Crippen LogP contribution in [0.25, 0.3) is 0 Å². The van der Waals surface area contributed by atoms with E-state index in [-0.39, 0.29) is 11.2 Å². The van der Waals surface area contributed by atoms with Gasteiger partial charge in [0.05, 0.1) is 6.07 Å². The minimum absolute atomic E-state index is 0.00452. The summed E-state index contributed by atoms with van der Waals surface area (Å²) in [6.07, 6.45) is 2.05. The van der Waals surface area contributed by atoms with Crippen LogP contribution >= 0.6 is 0 Å². The first-order chi connectivity index (χ1) is 10.1. The average Bonchev–Trinajstić information content (AvgIpc) is 3.12. The number of nitrogens with one attached hydrogen (secondary N) is 1. The van der Waals surface area contributed by atoms with Gasteiger partial charge in [-0.1, -0.05) is 30.3 Å². The van der Waals surface area contributed by atoms with Crippen LogP contribution in [-0.4, -0.2) is 17.4 Å². The van der Waals surface area contributed by atoms with Crippen molar-refractivity contribution in [1.82, 2.24) is 5.32 Å². The van der Waals surface area contributed by atoms with Gasteiger partial charge in [-0.2, -0.15) is 0 Å². The van der Waals surface area contributed by atoms with Crippen molar-refractivity contribution in [1.29, 1.82) is 0 Å². The zero-order valence-electron chi connectivity index (χ0n) is 11.2. The zero-order valence-corrected chi connectivity index (χ0v) is 11.2. The highest BCUT2D eigenvalue weighted by molar-refractivity contribution is 5.91. The van der Waals surface area contributed by atoms with Gasteiger partial charge < -0.3 is 9.73 Å². The van der Waals surface area contributed by atoms with E-state index in [0.717, 1.165) is 12.8 Å². The van der Waals surface area contributed by atoms with Crippen LogP contribution in [0.3, 0.4) is 0 Å². The molecule has 108 valence electrons. The van der Waals surface area contributed by atoms with Crippen LogP contribution in [0.4, 0.5) is 5.88 Å². The molecule has 0 atom stereocenters. The highest BCUT2D eigenvalue weighted by Crippen LogP contribution is 2.47. The van der Waals surface area contributed by atoms with Crippen molar-refractivity contribution in [2.45, 2.75) is 18.3 Å². The van der Waals surface area contributed by atoms with Crippen LogP contribution in [0.15, 0.2) is 46.9 Å². The molecule has 1 amide bonds. The second-order valence-electron chi connectivity index (χ2n) is 5.22. The maximum absolute atomic E-state index is 12.0. The Balaban J connectivity index is 1.65. The molecule has 0 spiro atoms. The first-order valence-corrected chi connectivity index (χ1v) is 6.69. The Morgan fingerprint density at radius 2 is 1.95 bits per heavy atom. The third-order valence-electron chi connectivity index (χ3n) is 3.82. The molecule has 1 heterocycles. The van der Waals surface area contributed by atoms with Crippen LogP contribution in [-0.2, 0) is 5.41 Å². The van der Waals surface area contributed by atoms with Gasteiger partial charge in [0.25, 0.3) is 5.91 Å². The first kappa shape index (κ1) is 13.4. The van der Waals surface area contributed by atoms with Crippen molar-refractivity contribution < 1.29 is 14.1 Å². The lowest BCUT2D eigenvalue weighted by molar-refractivity contribution is -0.402. The Kier molecular flexibility index (Phi) is 3.21. The molecule has 1 fully saturated rings. The summed E-state index contributed by atoms with van der Waals surface area (Å²) in [5.41, 5.74) is 1.20. The fourth-order valence-corrected chi connectivity index (χ4v) is 2.39. The van der Waals surface area contributed by atoms with Crippen LogP contribution in [0.1, 0.15) is 29.0 Å². The van der Waals surface area contributed by atoms with E-state index in [1.54, 1.807) is 0 Å². The number of hydrogen-bond acceptors (Lipinski definition) is 4. The van der Waals surface area contributed by atoms with Crippen molar-refractivity contribution in [2.75, 3.05) is 6.54 Å². The second-order valence-corrected chi connectivity index (χ2v) is 5.22. The number of carbonyl (C=O) groups is 1. The largest absolute Gasteiger partial charge is 0.433 e. The molecule has 1 aromatic carbocycles. The predicted octanol–water partition coefficient (Wildman–Crippen LogP) is 2.65. The van der Waals surface area contributed by atoms with Crippen molar-refractivity contribution in [2.24, 2.45) is 0 Å². The van der Waals surface area contributed by atoms with Crippen molar-refractivity contribution in [3.63, 3.8) is 0 Å². The number of furan rings is 1. The molecule has 0 radical (unpaired) electrons. The molecule has 1 aliphatic carbocycles. The van der Waals surface area contributed by atoms with Gasteiger partial charge in [-0.25, -0.2) is 0 Å². The van der Waals surface area contributed by atoms with Crippen molar-refractivity contribution >= 4 is 11.8 Å². The SMILES string of the molecule is O=C(NCC1(c2ccccc2)CC1)c1ccc([N+](=O)[O-])o1. The van der Waals surface area contributed by atoms with Crippen LogP contribution in [0.5, 0.6) is 0 Å². The highest BCUT2D eigenvalue weighted by Gasteiger charge is 2.44. The molecule has 0 saturated heterocycles. The molecule has 1 saturated carbocycles. The lowest BCUT2D eigenvalue weighted by Gasteiger charge is -2.15. The Hall–Kier alpha value is -2.63. The first-order valence-electron chi connectivity index (χ1n) is 6.69. The van der Waals surface area contributed by atoms with Gasteiger partial charge in [0, 0.05) is 12.0 Å². The molecule has 0 unspecified atom stereocenters. The normalized spacial score (nSPS) is 15.4. The minimum atomic E-state index is -0.664. The molecule has 3 rings (SSSR count). The molecular weight excluding hydrogens is 272 g/mol. The molecule has 2 aromatic rings. The standard InChI is InChI=1S/C15H14N2O4/c18-14(12-6-7-13(21-12)17(19)20)16-10-15(8-9-15)11-4-2-1-3-5-11/h1-7H,8-10H2,(H,16,18). The second kappa shape index (κ2) is 5.05. The Labute approximate surface area is 120 Å². The summed E-state index contributed by atoms with van der Waals surface area (Å²) in [6.45, 7) is 0.504. The van der Waals surface area contributed by atoms with E-state index in [1.807, 2.05) is 18.2 Å². The van der Waals surface area contributed by atoms with Gasteiger partial charge in [-0.05, 0) is 24.5 Å². The lowest BCUT2D eigenvalue weighted by Crippen LogP contribution is -2.32. The third kappa shape index (κ3) is 2.65. The van der Waals surface area contributed by atoms with Crippen molar-refractivity contribution in [3.8, 4) is 0 Å². The van der Waals surface area contributed by atoms with E-state index >= 15 is 0 Å². The number of amides is 1. The van der Waals surface area contributed by atoms with E-state index in [1.165, 1.54) is 17.7 Å². The summed E-state index contributed by atoms with van der Waals surface area (Å²) in [6, 6.07) is 12.5. The smallest absolute Gasteiger partial charge is 0.395 e. The summed E-state index contributed by atoms with van der Waals surface area (Å²) in [7, 11) is 0. The van der Waals surface area contributed by atoms with Gasteiger partial charge >= 0.3 is 5.88 Å². The molecule has 1 aliphatic rings. The van der Waals surface area contributed by atoms with Crippen LogP contribution < -0.4 is 5.32 Å². The van der Waals surface area contributed by atoms with E-state index in [9.17, 15) is 14.9 Å². The number of hydrogen-bond donors (Lipinski definition) is 1. The molecule has 0 bridgehead atoms. The molecule has 21 heavy (non-hydrogen) atoms. The molecular formula is C15H14N2O4. The summed E-state index contributed by atoms with van der Waals surface area (Å²) >= 11 is 0. The Morgan fingerprint density at radius 1 is 1.24 bits per heavy atom. The average molecular weight is 286 g/mol. The zero-order chi connectivity index (χ0) is 14.9. The van der Waals surface area contributed by atoms with E-state index in [0.29, 0.717) is 6.54 Å². The molecule has 6 nitrogen and oxygen atoms in total. The Morgan fingerprint density at radius 3 is 2.52 bits per heavy atom. The summed E-state index contributed by atoms with van der Waals surface area (Å²) in [5.74, 6) is -0.889. The van der Waals surface area contributed by atoms with E-state index in [2.05, 4.69) is 17.4 Å². The van der Waals surface area contributed by atoms with Crippen molar-refractivity contribution in [3.05, 3.63) is 63.9 Å². The van der Waals surface area contributed by atoms with Gasteiger partial charge in [-0.15, -0.1) is 0 Å². The van der Waals surface area contributed by atoms with Gasteiger partial charge in [0.1, 0.15) is 4.92 Å². The number of benzene rings is 1. The van der Waals surface area contributed by atoms with E-state index < -0.39 is 16.7 Å². The highest BCUT2D eigenvalue weighted by atomic mass is 16.6. The number of nitrogens with zero attached hydrogens (tertiary/aromatic N) is 1. The summed E-state index contributed by atoms with van der Waals surface area (Å²) in [5, 5.41) is 13.3. The molecule has 0 aliphatic heterocycles. The third-order valence-corrected chi connectivity index (χ3v) is 3.82. The fraction of sp³-hybridized carbons (Fsp3) is 0.267. The summed E-state index contributed by atoms with van der Waals surface area (Å²) < 4.78 is 4.89. The van der Waals surface area contributed by atoms with Crippen LogP contribution in [0.2, 0.25) is 0 Å². The number of rotatable bonds is 5. The molecule has 1 N–H and O–H groups in total. The monoisotopic (exact) mass is 286 g/mol. The van der Waals surface area contributed by atoms with E-state index in [4.69, 9.17) is 4.42 Å². The maximum atomic E-state index is 12.0. The number of nitro groups is 1. The minimum Gasteiger partial charge on any atom is -0.395 e. The van der Waals surface area contributed by atoms with Gasteiger partial charge in [0.15, 0.2) is 5.76 Å². The molecule has 1 aromatic heterocycles. The maximum Gasteiger partial charge on any atom is 0.433 e. The quantitative estimate of drug-likeness (QED) is 0.676. The number of carbonyl (C=O) groups excluding carboxylic acids is 1. The van der Waals surface area contributed by atoms with Gasteiger partial charge in [0.2, 0.25) is 0 Å². The Bertz CT molecular complexity index is 674. The topological polar surface area (TPSA) is 85.4 Å². The fourth-order valence-electron chi connectivity index (χ4n) is 2.39. The molecule has 6 heteroatoms. The predicted molar refractivity (Wildman–Crippen MR) is 75.0 cm³/mol.